The molecule has 2 saturated carbocycles. The second-order valence-corrected chi connectivity index (χ2v) is 8.75. The summed E-state index contributed by atoms with van der Waals surface area (Å²) in [5.41, 5.74) is 2.38. The van der Waals surface area contributed by atoms with Crippen molar-refractivity contribution in [3.8, 4) is 5.75 Å². The number of hydrogen-bond donors (Lipinski definition) is 4. The van der Waals surface area contributed by atoms with E-state index in [1.165, 1.54) is 37.2 Å². The van der Waals surface area contributed by atoms with E-state index in [9.17, 15) is 39.3 Å². The van der Waals surface area contributed by atoms with Gasteiger partial charge in [0.15, 0.2) is 34.7 Å². The first kappa shape index (κ1) is 22.0. The van der Waals surface area contributed by atoms with E-state index in [4.69, 9.17) is 5.73 Å². The third-order valence-corrected chi connectivity index (χ3v) is 6.95. The molecule has 10 nitrogen and oxygen atoms in total. The van der Waals surface area contributed by atoms with E-state index in [1.54, 1.807) is 0 Å². The summed E-state index contributed by atoms with van der Waals surface area (Å²) in [6.45, 7) is 3.90. The zero-order chi connectivity index (χ0) is 23.9. The zero-order valence-corrected chi connectivity index (χ0v) is 17.3. The van der Waals surface area contributed by atoms with Gasteiger partial charge in [-0.15, -0.1) is 0 Å². The minimum atomic E-state index is -3.01. The number of amides is 1. The summed E-state index contributed by atoms with van der Waals surface area (Å²) in [6.07, 6.45) is -1.72. The molecule has 0 aliphatic heterocycles. The summed E-state index contributed by atoms with van der Waals surface area (Å²) in [5, 5.41) is 33.0. The first-order valence-corrected chi connectivity index (χ1v) is 9.91. The smallest absolute Gasteiger partial charge is 0.235 e. The Balaban J connectivity index is 1.97. The highest BCUT2D eigenvalue weighted by Gasteiger charge is 2.72. The molecule has 32 heavy (non-hydrogen) atoms. The summed E-state index contributed by atoms with van der Waals surface area (Å²) >= 11 is 0. The van der Waals surface area contributed by atoms with Crippen LogP contribution in [0.15, 0.2) is 24.8 Å². The number of benzene rings is 1. The molecule has 3 aliphatic rings. The van der Waals surface area contributed by atoms with Gasteiger partial charge < -0.3 is 21.1 Å². The molecule has 0 radical (unpaired) electrons. The predicted molar refractivity (Wildman–Crippen MR) is 108 cm³/mol. The Morgan fingerprint density at radius 3 is 2.34 bits per heavy atom. The summed E-state index contributed by atoms with van der Waals surface area (Å²) < 4.78 is 0. The van der Waals surface area contributed by atoms with Gasteiger partial charge in [0.2, 0.25) is 5.91 Å². The molecule has 1 aromatic rings. The van der Waals surface area contributed by atoms with Gasteiger partial charge in [-0.05, 0) is 31.3 Å². The van der Waals surface area contributed by atoms with Gasteiger partial charge in [-0.2, -0.15) is 0 Å². The molecule has 0 aromatic heterocycles. The summed E-state index contributed by atoms with van der Waals surface area (Å²) in [7, 11) is 2.85. The number of Topliss-reactive ketones (excluding diaryl/α,β-unsaturated/α-hetero) is 4. The monoisotopic (exact) mass is 442 g/mol. The van der Waals surface area contributed by atoms with E-state index in [-0.39, 0.29) is 16.7 Å². The predicted octanol–water partition coefficient (Wildman–Crippen LogP) is -1.69. The maximum absolute atomic E-state index is 13.6. The van der Waals surface area contributed by atoms with E-state index in [2.05, 4.69) is 6.58 Å². The Morgan fingerprint density at radius 2 is 1.78 bits per heavy atom. The summed E-state index contributed by atoms with van der Waals surface area (Å²) in [6, 6.07) is 2.78. The van der Waals surface area contributed by atoms with Crippen LogP contribution in [0.3, 0.4) is 0 Å². The minimum Gasteiger partial charge on any atom is -0.507 e. The molecule has 2 unspecified atom stereocenters. The SMILES string of the molecule is C=C1c2cccc(O)c2C(=O)C2C(=O)[C@]3(O)C(=O)C(C(N)=O)C(=O)[C@H](N(C)C)[C@@H]3[C@H](O)[C@H]12. The van der Waals surface area contributed by atoms with Crippen LogP contribution in [0.1, 0.15) is 15.9 Å². The van der Waals surface area contributed by atoms with Crippen LogP contribution in [0, 0.1) is 23.7 Å². The number of fused-ring (bicyclic) bond motifs is 3. The van der Waals surface area contributed by atoms with Crippen LogP contribution in [0.2, 0.25) is 0 Å². The Labute approximate surface area is 182 Å². The van der Waals surface area contributed by atoms with E-state index in [0.29, 0.717) is 0 Å². The molecular weight excluding hydrogens is 420 g/mol. The highest BCUT2D eigenvalue weighted by Crippen LogP contribution is 2.53. The first-order valence-electron chi connectivity index (χ1n) is 9.91. The van der Waals surface area contributed by atoms with Crippen molar-refractivity contribution in [3.63, 3.8) is 0 Å². The van der Waals surface area contributed by atoms with Gasteiger partial charge in [-0.3, -0.25) is 28.9 Å². The number of aliphatic hydroxyl groups excluding tert-OH is 1. The number of carbonyl (C=O) groups excluding carboxylic acids is 5. The molecule has 1 amide bonds. The fourth-order valence-electron chi connectivity index (χ4n) is 5.57. The number of aliphatic hydroxyl groups is 2. The van der Waals surface area contributed by atoms with Crippen molar-refractivity contribution in [1.82, 2.24) is 4.90 Å². The molecule has 0 spiro atoms. The summed E-state index contributed by atoms with van der Waals surface area (Å²) in [5.74, 6) is -13.1. The van der Waals surface area contributed by atoms with Crippen LogP contribution in [-0.2, 0) is 19.2 Å². The quantitative estimate of drug-likeness (QED) is 0.389. The van der Waals surface area contributed by atoms with Crippen molar-refractivity contribution >= 4 is 34.6 Å². The fourth-order valence-corrected chi connectivity index (χ4v) is 5.57. The lowest BCUT2D eigenvalue weighted by Gasteiger charge is -2.55. The maximum atomic E-state index is 13.6. The van der Waals surface area contributed by atoms with E-state index in [0.717, 1.165) is 0 Å². The summed E-state index contributed by atoms with van der Waals surface area (Å²) in [4.78, 5) is 66.2. The number of phenols is 1. The topological polar surface area (TPSA) is 175 Å². The van der Waals surface area contributed by atoms with Gasteiger partial charge in [-0.1, -0.05) is 18.7 Å². The molecular formula is C22H22N2O8. The van der Waals surface area contributed by atoms with Crippen LogP contribution >= 0.6 is 0 Å². The molecule has 4 rings (SSSR count). The van der Waals surface area contributed by atoms with Gasteiger partial charge in [-0.25, -0.2) is 0 Å². The van der Waals surface area contributed by atoms with E-state index >= 15 is 0 Å². The standard InChI is InChI=1S/C22H22N2O8/c1-7-8-5-4-6-9(25)11(8)16(26)12-10(7)17(27)14-15(24(2)3)18(28)13(21(23)31)20(30)22(14,32)19(12)29/h4-6,10,12-15,17,25,27,32H,1H2,2-3H3,(H2,23,31)/t10-,12?,13?,14-,15-,17-,22+/m1/s1. The number of ketones is 4. The third-order valence-electron chi connectivity index (χ3n) is 6.95. The van der Waals surface area contributed by atoms with Gasteiger partial charge >= 0.3 is 0 Å². The van der Waals surface area contributed by atoms with Crippen LogP contribution < -0.4 is 5.73 Å². The number of nitrogens with zero attached hydrogens (tertiary/aromatic N) is 1. The number of nitrogens with two attached hydrogens (primary N) is 1. The number of carbonyl (C=O) groups is 5. The Kier molecular flexibility index (Phi) is 4.74. The van der Waals surface area contributed by atoms with Crippen LogP contribution in [0.25, 0.3) is 5.57 Å². The lowest BCUT2D eigenvalue weighted by molar-refractivity contribution is -0.192. The van der Waals surface area contributed by atoms with Crippen LogP contribution in [0.4, 0.5) is 0 Å². The van der Waals surface area contributed by atoms with Crippen molar-refractivity contribution in [2.24, 2.45) is 29.4 Å². The van der Waals surface area contributed by atoms with Crippen LogP contribution in [0.5, 0.6) is 5.75 Å². The number of likely N-dealkylation sites (N-methyl/N-ethyl adjacent to an activating group) is 1. The fraction of sp³-hybridized carbons (Fsp3) is 0.409. The third kappa shape index (κ3) is 2.48. The second-order valence-electron chi connectivity index (χ2n) is 8.75. The second kappa shape index (κ2) is 6.89. The van der Waals surface area contributed by atoms with E-state index in [1.807, 2.05) is 0 Å². The van der Waals surface area contributed by atoms with Gasteiger partial charge in [0.25, 0.3) is 0 Å². The van der Waals surface area contributed by atoms with Gasteiger partial charge in [0.05, 0.1) is 29.5 Å². The Morgan fingerprint density at radius 1 is 1.16 bits per heavy atom. The number of aromatic hydroxyl groups is 1. The molecule has 10 heteroatoms. The molecule has 5 N–H and O–H groups in total. The van der Waals surface area contributed by atoms with E-state index < -0.39 is 76.2 Å². The lowest BCUT2D eigenvalue weighted by Crippen LogP contribution is -2.77. The Hall–Kier alpha value is -3.21. The molecule has 0 saturated heterocycles. The molecule has 168 valence electrons. The highest BCUT2D eigenvalue weighted by molar-refractivity contribution is 6.33. The van der Waals surface area contributed by atoms with Gasteiger partial charge in [0, 0.05) is 5.92 Å². The Bertz CT molecular complexity index is 1120. The molecule has 3 aliphatic carbocycles. The lowest BCUT2D eigenvalue weighted by atomic mass is 9.50. The molecule has 1 aromatic carbocycles. The van der Waals surface area contributed by atoms with Crippen molar-refractivity contribution in [2.45, 2.75) is 17.7 Å². The van der Waals surface area contributed by atoms with Crippen molar-refractivity contribution in [2.75, 3.05) is 14.1 Å². The zero-order valence-electron chi connectivity index (χ0n) is 17.3. The molecule has 0 heterocycles. The average Bonchev–Trinajstić information content (AvgIpc) is 2.70. The van der Waals surface area contributed by atoms with Crippen LogP contribution in [-0.4, -0.2) is 81.1 Å². The number of rotatable bonds is 2. The first-order chi connectivity index (χ1) is 14.9. The highest BCUT2D eigenvalue weighted by atomic mass is 16.3. The molecule has 2 fully saturated rings. The van der Waals surface area contributed by atoms with Gasteiger partial charge in [0.1, 0.15) is 5.75 Å². The minimum absolute atomic E-state index is 0.151. The number of primary amides is 1. The normalized spacial score (nSPS) is 36.6. The average molecular weight is 442 g/mol. The van der Waals surface area contributed by atoms with Crippen molar-refractivity contribution in [3.05, 3.63) is 35.9 Å². The van der Waals surface area contributed by atoms with Crippen molar-refractivity contribution < 1.29 is 39.3 Å². The molecule has 7 atom stereocenters. The maximum Gasteiger partial charge on any atom is 0.235 e. The largest absolute Gasteiger partial charge is 0.507 e. The number of hydrogen-bond acceptors (Lipinski definition) is 9. The molecule has 0 bridgehead atoms. The number of phenolic OH excluding ortho intramolecular Hbond substituents is 1. The van der Waals surface area contributed by atoms with Crippen molar-refractivity contribution in [1.29, 1.82) is 0 Å².